The Morgan fingerprint density at radius 3 is 2.92 bits per heavy atom. The molecule has 0 heterocycles. The van der Waals surface area contributed by atoms with E-state index in [0.717, 1.165) is 4.47 Å². The van der Waals surface area contributed by atoms with Gasteiger partial charge in [0.2, 0.25) is 0 Å². The number of aliphatic imine (C=N–C) groups is 1. The lowest BCUT2D eigenvalue weighted by Crippen LogP contribution is -1.82. The van der Waals surface area contributed by atoms with Crippen molar-refractivity contribution in [1.29, 1.82) is 0 Å². The number of methoxy groups -OCH3 is 1. The van der Waals surface area contributed by atoms with Crippen LogP contribution in [0.2, 0.25) is 0 Å². The molecule has 0 bridgehead atoms. The molecule has 1 aromatic carbocycles. The minimum absolute atomic E-state index is 0.676. The lowest BCUT2D eigenvalue weighted by molar-refractivity contribution is 0.416. The average Bonchev–Trinajstić information content (AvgIpc) is 2.09. The lowest BCUT2D eigenvalue weighted by Gasteiger charge is -2.03. The molecule has 62 valence electrons. The van der Waals surface area contributed by atoms with Crippen LogP contribution in [0.5, 0.6) is 5.75 Å². The van der Waals surface area contributed by atoms with Crippen molar-refractivity contribution in [2.45, 2.75) is 0 Å². The van der Waals surface area contributed by atoms with Gasteiger partial charge in [-0.15, -0.1) is 0 Å². The predicted octanol–water partition coefficient (Wildman–Crippen LogP) is 3.19. The van der Waals surface area contributed by atoms with Gasteiger partial charge in [-0.1, -0.05) is 6.07 Å². The van der Waals surface area contributed by atoms with Gasteiger partial charge >= 0.3 is 0 Å². The standard InChI is InChI=1S/C8H6BrNOS/c1-11-7-4-2-3-6(9)8(7)10-5-12/h2-4H,1H3. The normalized spacial score (nSPS) is 8.83. The fourth-order valence-corrected chi connectivity index (χ4v) is 1.34. The van der Waals surface area contributed by atoms with E-state index in [0.29, 0.717) is 11.4 Å². The van der Waals surface area contributed by atoms with Crippen molar-refractivity contribution in [1.82, 2.24) is 0 Å². The van der Waals surface area contributed by atoms with E-state index >= 15 is 0 Å². The van der Waals surface area contributed by atoms with Crippen LogP contribution in [0.1, 0.15) is 0 Å². The van der Waals surface area contributed by atoms with Crippen LogP contribution in [0.15, 0.2) is 27.7 Å². The molecule has 0 unspecified atom stereocenters. The first kappa shape index (κ1) is 9.39. The van der Waals surface area contributed by atoms with Crippen molar-refractivity contribution < 1.29 is 4.74 Å². The number of rotatable bonds is 2. The van der Waals surface area contributed by atoms with E-state index in [1.165, 1.54) is 0 Å². The highest BCUT2D eigenvalue weighted by Crippen LogP contribution is 2.34. The molecule has 0 spiro atoms. The lowest BCUT2D eigenvalue weighted by atomic mass is 10.3. The summed E-state index contributed by atoms with van der Waals surface area (Å²) in [4.78, 5) is 3.87. The number of nitrogens with zero attached hydrogens (tertiary/aromatic N) is 1. The van der Waals surface area contributed by atoms with Crippen molar-refractivity contribution in [2.75, 3.05) is 7.11 Å². The quantitative estimate of drug-likeness (QED) is 0.588. The molecule has 0 saturated carbocycles. The Kier molecular flexibility index (Phi) is 3.41. The Morgan fingerprint density at radius 1 is 1.58 bits per heavy atom. The molecule has 0 saturated heterocycles. The molecule has 0 amide bonds. The molecule has 0 aliphatic rings. The maximum atomic E-state index is 5.07. The summed E-state index contributed by atoms with van der Waals surface area (Å²) in [7, 11) is 1.59. The minimum Gasteiger partial charge on any atom is -0.494 e. The van der Waals surface area contributed by atoms with Gasteiger partial charge in [-0.3, -0.25) is 0 Å². The highest BCUT2D eigenvalue weighted by molar-refractivity contribution is 9.10. The van der Waals surface area contributed by atoms with E-state index in [1.807, 2.05) is 18.2 Å². The van der Waals surface area contributed by atoms with Crippen LogP contribution >= 0.6 is 28.1 Å². The highest BCUT2D eigenvalue weighted by Gasteiger charge is 2.03. The van der Waals surface area contributed by atoms with Crippen molar-refractivity contribution >= 4 is 39.0 Å². The summed E-state index contributed by atoms with van der Waals surface area (Å²) in [6.07, 6.45) is 0. The van der Waals surface area contributed by atoms with Crippen molar-refractivity contribution in [3.63, 3.8) is 0 Å². The molecule has 0 aliphatic carbocycles. The molecule has 0 atom stereocenters. The highest BCUT2D eigenvalue weighted by atomic mass is 79.9. The maximum Gasteiger partial charge on any atom is 0.146 e. The molecule has 0 radical (unpaired) electrons. The predicted molar refractivity (Wildman–Crippen MR) is 55.4 cm³/mol. The summed E-state index contributed by atoms with van der Waals surface area (Å²) >= 11 is 7.84. The van der Waals surface area contributed by atoms with Crippen LogP contribution in [-0.2, 0) is 0 Å². The van der Waals surface area contributed by atoms with Gasteiger partial charge in [0.1, 0.15) is 11.4 Å². The number of halogens is 1. The van der Waals surface area contributed by atoms with Gasteiger partial charge in [-0.2, -0.15) is 4.99 Å². The molecule has 0 fully saturated rings. The molecule has 12 heavy (non-hydrogen) atoms. The SMILES string of the molecule is COc1cccc(Br)c1N=C=S. The van der Waals surface area contributed by atoms with Crippen molar-refractivity contribution in [3.8, 4) is 5.75 Å². The molecular weight excluding hydrogens is 238 g/mol. The first-order valence-corrected chi connectivity index (χ1v) is 4.40. The van der Waals surface area contributed by atoms with Crippen LogP contribution in [0.3, 0.4) is 0 Å². The second-order valence-corrected chi connectivity index (χ2v) is 3.03. The van der Waals surface area contributed by atoms with E-state index in [-0.39, 0.29) is 0 Å². The fraction of sp³-hybridized carbons (Fsp3) is 0.125. The van der Waals surface area contributed by atoms with Crippen LogP contribution in [-0.4, -0.2) is 12.3 Å². The second kappa shape index (κ2) is 4.36. The number of isothiocyanates is 1. The third-order valence-electron chi connectivity index (χ3n) is 1.33. The number of hydrogen-bond donors (Lipinski definition) is 0. The Hall–Kier alpha value is -0.700. The van der Waals surface area contributed by atoms with Gasteiger partial charge < -0.3 is 4.74 Å². The van der Waals surface area contributed by atoms with Gasteiger partial charge in [-0.25, -0.2) is 0 Å². The molecule has 0 aliphatic heterocycles. The van der Waals surface area contributed by atoms with Gasteiger partial charge in [0.05, 0.1) is 12.3 Å². The zero-order valence-electron chi connectivity index (χ0n) is 6.37. The summed E-state index contributed by atoms with van der Waals surface area (Å²) in [5, 5.41) is 2.30. The largest absolute Gasteiger partial charge is 0.494 e. The summed E-state index contributed by atoms with van der Waals surface area (Å²) in [6.45, 7) is 0. The van der Waals surface area contributed by atoms with Crippen LogP contribution in [0.25, 0.3) is 0 Å². The summed E-state index contributed by atoms with van der Waals surface area (Å²) in [5.74, 6) is 0.682. The first-order valence-electron chi connectivity index (χ1n) is 3.20. The smallest absolute Gasteiger partial charge is 0.146 e. The third-order valence-corrected chi connectivity index (χ3v) is 2.06. The average molecular weight is 244 g/mol. The molecule has 4 heteroatoms. The zero-order chi connectivity index (χ0) is 8.97. The van der Waals surface area contributed by atoms with Crippen LogP contribution in [0, 0.1) is 0 Å². The van der Waals surface area contributed by atoms with Gasteiger partial charge in [0.25, 0.3) is 0 Å². The Morgan fingerprint density at radius 2 is 2.33 bits per heavy atom. The van der Waals surface area contributed by atoms with E-state index in [1.54, 1.807) is 7.11 Å². The fourth-order valence-electron chi connectivity index (χ4n) is 0.814. The Balaban J connectivity index is 3.28. The molecule has 0 N–H and O–H groups in total. The number of hydrogen-bond acceptors (Lipinski definition) is 3. The van der Waals surface area contributed by atoms with Crippen LogP contribution < -0.4 is 4.74 Å². The summed E-state index contributed by atoms with van der Waals surface area (Å²) in [6, 6.07) is 5.55. The topological polar surface area (TPSA) is 21.6 Å². The molecule has 0 aromatic heterocycles. The molecular formula is C8H6BrNOS. The monoisotopic (exact) mass is 243 g/mol. The van der Waals surface area contributed by atoms with Crippen LogP contribution in [0.4, 0.5) is 5.69 Å². The second-order valence-electron chi connectivity index (χ2n) is 1.99. The van der Waals surface area contributed by atoms with E-state index < -0.39 is 0 Å². The molecule has 2 nitrogen and oxygen atoms in total. The number of thiocarbonyl (C=S) groups is 1. The first-order chi connectivity index (χ1) is 5.79. The van der Waals surface area contributed by atoms with Gasteiger partial charge in [0, 0.05) is 4.47 Å². The zero-order valence-corrected chi connectivity index (χ0v) is 8.78. The number of ether oxygens (including phenoxy) is 1. The molecule has 1 rings (SSSR count). The van der Waals surface area contributed by atoms with Gasteiger partial charge in [0.15, 0.2) is 0 Å². The summed E-state index contributed by atoms with van der Waals surface area (Å²) < 4.78 is 5.92. The minimum atomic E-state index is 0.676. The Labute approximate surface area is 84.4 Å². The number of benzene rings is 1. The van der Waals surface area contributed by atoms with Gasteiger partial charge in [-0.05, 0) is 40.3 Å². The number of para-hydroxylation sites is 1. The Bertz CT molecular complexity index is 334. The van der Waals surface area contributed by atoms with Crippen molar-refractivity contribution in [3.05, 3.63) is 22.7 Å². The summed E-state index contributed by atoms with van der Waals surface area (Å²) in [5.41, 5.74) is 0.676. The maximum absolute atomic E-state index is 5.07. The van der Waals surface area contributed by atoms with E-state index in [9.17, 15) is 0 Å². The molecule has 1 aromatic rings. The van der Waals surface area contributed by atoms with E-state index in [4.69, 9.17) is 4.74 Å². The van der Waals surface area contributed by atoms with E-state index in [2.05, 4.69) is 38.3 Å². The van der Waals surface area contributed by atoms with Crippen molar-refractivity contribution in [2.24, 2.45) is 4.99 Å². The third kappa shape index (κ3) is 1.91.